The average Bonchev–Trinajstić information content (AvgIpc) is 3.01. The summed E-state index contributed by atoms with van der Waals surface area (Å²) < 4.78 is 15.9. The molecule has 2 N–H and O–H groups in total. The fraction of sp³-hybridized carbons (Fsp3) is 0.250. The Morgan fingerprint density at radius 1 is 1.29 bits per heavy atom. The van der Waals surface area contributed by atoms with Crippen molar-refractivity contribution in [2.45, 2.75) is 12.6 Å². The number of carbonyl (C=O) groups is 2. The lowest BCUT2D eigenvalue weighted by atomic mass is 10.1. The van der Waals surface area contributed by atoms with Crippen molar-refractivity contribution in [3.8, 4) is 5.75 Å². The van der Waals surface area contributed by atoms with Crippen LogP contribution in [0.4, 0.5) is 0 Å². The summed E-state index contributed by atoms with van der Waals surface area (Å²) in [5.74, 6) is -0.771. The summed E-state index contributed by atoms with van der Waals surface area (Å²) in [6, 6.07) is 6.60. The SMILES string of the molecule is COCc1ccc(C(=O)NC(C(=O)O)c2ccc(OC)c(Br)c2)o1. The maximum atomic E-state index is 12.2. The predicted octanol–water partition coefficient (Wildman–Crippen LogP) is 2.75. The molecule has 0 bridgehead atoms. The Labute approximate surface area is 146 Å². The van der Waals surface area contributed by atoms with Crippen LogP contribution in [0.15, 0.2) is 39.2 Å². The Morgan fingerprint density at radius 2 is 2.04 bits per heavy atom. The number of methoxy groups -OCH3 is 2. The fourth-order valence-corrected chi connectivity index (χ4v) is 2.63. The molecule has 2 aromatic rings. The number of rotatable bonds is 7. The van der Waals surface area contributed by atoms with Crippen molar-refractivity contribution in [2.75, 3.05) is 14.2 Å². The summed E-state index contributed by atoms with van der Waals surface area (Å²) in [7, 11) is 3.01. The number of carboxylic acids is 1. The molecule has 1 aromatic carbocycles. The van der Waals surface area contributed by atoms with E-state index in [1.165, 1.54) is 20.3 Å². The van der Waals surface area contributed by atoms with Crippen LogP contribution >= 0.6 is 15.9 Å². The lowest BCUT2D eigenvalue weighted by Gasteiger charge is -2.15. The van der Waals surface area contributed by atoms with Crippen LogP contribution in [0.5, 0.6) is 5.75 Å². The second-order valence-corrected chi connectivity index (χ2v) is 5.69. The van der Waals surface area contributed by atoms with Gasteiger partial charge in [-0.2, -0.15) is 0 Å². The second kappa shape index (κ2) is 7.98. The van der Waals surface area contributed by atoms with Gasteiger partial charge in [-0.3, -0.25) is 4.79 Å². The second-order valence-electron chi connectivity index (χ2n) is 4.84. The van der Waals surface area contributed by atoms with Gasteiger partial charge in [-0.05, 0) is 45.8 Å². The third-order valence-electron chi connectivity index (χ3n) is 3.20. The van der Waals surface area contributed by atoms with Crippen LogP contribution in [-0.2, 0) is 16.1 Å². The zero-order valence-corrected chi connectivity index (χ0v) is 14.6. The van der Waals surface area contributed by atoms with E-state index in [4.69, 9.17) is 13.9 Å². The Bertz CT molecular complexity index is 742. The van der Waals surface area contributed by atoms with Gasteiger partial charge in [0.1, 0.15) is 18.1 Å². The summed E-state index contributed by atoms with van der Waals surface area (Å²) in [6.07, 6.45) is 0. The van der Waals surface area contributed by atoms with Gasteiger partial charge in [-0.1, -0.05) is 6.07 Å². The number of nitrogens with one attached hydrogen (secondary N) is 1. The van der Waals surface area contributed by atoms with Crippen molar-refractivity contribution in [1.29, 1.82) is 0 Å². The van der Waals surface area contributed by atoms with E-state index in [1.54, 1.807) is 24.3 Å². The molecule has 0 fully saturated rings. The van der Waals surface area contributed by atoms with E-state index >= 15 is 0 Å². The molecule has 7 nitrogen and oxygen atoms in total. The number of ether oxygens (including phenoxy) is 2. The molecule has 128 valence electrons. The van der Waals surface area contributed by atoms with Crippen LogP contribution in [0.2, 0.25) is 0 Å². The molecule has 0 saturated carbocycles. The minimum absolute atomic E-state index is 0.0147. The summed E-state index contributed by atoms with van der Waals surface area (Å²) in [6.45, 7) is 0.223. The number of furan rings is 1. The third-order valence-corrected chi connectivity index (χ3v) is 3.82. The van der Waals surface area contributed by atoms with E-state index in [1.807, 2.05) is 0 Å². The van der Waals surface area contributed by atoms with E-state index in [9.17, 15) is 14.7 Å². The lowest BCUT2D eigenvalue weighted by molar-refractivity contribution is -0.139. The molecule has 1 atom stereocenters. The normalized spacial score (nSPS) is 11.8. The summed E-state index contributed by atoms with van der Waals surface area (Å²) >= 11 is 3.29. The Morgan fingerprint density at radius 3 is 2.62 bits per heavy atom. The zero-order chi connectivity index (χ0) is 17.7. The van der Waals surface area contributed by atoms with E-state index in [-0.39, 0.29) is 12.4 Å². The molecule has 0 aliphatic carbocycles. The third kappa shape index (κ3) is 4.15. The molecule has 0 radical (unpaired) electrons. The largest absolute Gasteiger partial charge is 0.496 e. The van der Waals surface area contributed by atoms with Crippen LogP contribution in [-0.4, -0.2) is 31.2 Å². The first kappa shape index (κ1) is 18.0. The van der Waals surface area contributed by atoms with E-state index in [0.29, 0.717) is 21.5 Å². The number of carbonyl (C=O) groups excluding carboxylic acids is 1. The number of aliphatic carboxylic acids is 1. The van der Waals surface area contributed by atoms with Crippen LogP contribution in [0.3, 0.4) is 0 Å². The zero-order valence-electron chi connectivity index (χ0n) is 13.0. The summed E-state index contributed by atoms with van der Waals surface area (Å²) in [5, 5.41) is 11.9. The van der Waals surface area contributed by atoms with Crippen LogP contribution < -0.4 is 10.1 Å². The van der Waals surface area contributed by atoms with Gasteiger partial charge in [-0.15, -0.1) is 0 Å². The van der Waals surface area contributed by atoms with E-state index in [2.05, 4.69) is 21.2 Å². The number of benzene rings is 1. The van der Waals surface area contributed by atoms with Crippen molar-refractivity contribution in [3.05, 3.63) is 51.9 Å². The number of carboxylic acid groups (broad SMARTS) is 1. The molecule has 0 aliphatic heterocycles. The molecule has 1 aromatic heterocycles. The molecule has 0 aliphatic rings. The van der Waals surface area contributed by atoms with Gasteiger partial charge in [0, 0.05) is 7.11 Å². The molecule has 24 heavy (non-hydrogen) atoms. The predicted molar refractivity (Wildman–Crippen MR) is 88.0 cm³/mol. The van der Waals surface area contributed by atoms with Gasteiger partial charge in [0.25, 0.3) is 5.91 Å². The molecular weight excluding hydrogens is 382 g/mol. The van der Waals surface area contributed by atoms with E-state index < -0.39 is 17.9 Å². The highest BCUT2D eigenvalue weighted by Crippen LogP contribution is 2.28. The van der Waals surface area contributed by atoms with Crippen molar-refractivity contribution in [1.82, 2.24) is 5.32 Å². The molecule has 1 unspecified atom stereocenters. The number of amides is 1. The number of hydrogen-bond acceptors (Lipinski definition) is 5. The molecule has 2 rings (SSSR count). The Balaban J connectivity index is 2.20. The van der Waals surface area contributed by atoms with Gasteiger partial charge in [0.05, 0.1) is 11.6 Å². The van der Waals surface area contributed by atoms with Crippen molar-refractivity contribution in [2.24, 2.45) is 0 Å². The summed E-state index contributed by atoms with van der Waals surface area (Å²) in [5.41, 5.74) is 0.396. The maximum absolute atomic E-state index is 12.2. The first-order chi connectivity index (χ1) is 11.5. The molecule has 1 heterocycles. The first-order valence-corrected chi connectivity index (χ1v) is 7.70. The first-order valence-electron chi connectivity index (χ1n) is 6.91. The minimum Gasteiger partial charge on any atom is -0.496 e. The van der Waals surface area contributed by atoms with Crippen molar-refractivity contribution in [3.63, 3.8) is 0 Å². The highest BCUT2D eigenvalue weighted by molar-refractivity contribution is 9.10. The van der Waals surface area contributed by atoms with Crippen molar-refractivity contribution < 1.29 is 28.6 Å². The molecule has 0 spiro atoms. The quantitative estimate of drug-likeness (QED) is 0.745. The van der Waals surface area contributed by atoms with Gasteiger partial charge in [0.15, 0.2) is 11.8 Å². The highest BCUT2D eigenvalue weighted by atomic mass is 79.9. The van der Waals surface area contributed by atoms with Gasteiger partial charge in [-0.25, -0.2) is 4.79 Å². The topological polar surface area (TPSA) is 98.0 Å². The minimum atomic E-state index is -1.23. The van der Waals surface area contributed by atoms with Crippen LogP contribution in [0.25, 0.3) is 0 Å². The van der Waals surface area contributed by atoms with Gasteiger partial charge >= 0.3 is 5.97 Å². The van der Waals surface area contributed by atoms with Gasteiger partial charge in [0.2, 0.25) is 0 Å². The van der Waals surface area contributed by atoms with Crippen LogP contribution in [0, 0.1) is 0 Å². The number of halogens is 1. The number of hydrogen-bond donors (Lipinski definition) is 2. The Hall–Kier alpha value is -2.32. The monoisotopic (exact) mass is 397 g/mol. The fourth-order valence-electron chi connectivity index (χ4n) is 2.07. The molecule has 1 amide bonds. The molecule has 8 heteroatoms. The lowest BCUT2D eigenvalue weighted by Crippen LogP contribution is -2.33. The van der Waals surface area contributed by atoms with Gasteiger partial charge < -0.3 is 24.3 Å². The average molecular weight is 398 g/mol. The highest BCUT2D eigenvalue weighted by Gasteiger charge is 2.25. The van der Waals surface area contributed by atoms with Crippen LogP contribution in [0.1, 0.15) is 27.9 Å². The Kier molecular flexibility index (Phi) is 5.99. The molecule has 0 saturated heterocycles. The van der Waals surface area contributed by atoms with E-state index in [0.717, 1.165) is 0 Å². The standard InChI is InChI=1S/C16H16BrNO6/c1-22-8-10-4-6-13(24-10)15(19)18-14(16(20)21)9-3-5-12(23-2)11(17)7-9/h3-7,14H,8H2,1-2H3,(H,18,19)(H,20,21). The summed E-state index contributed by atoms with van der Waals surface area (Å²) in [4.78, 5) is 23.7. The smallest absolute Gasteiger partial charge is 0.330 e. The maximum Gasteiger partial charge on any atom is 0.330 e. The molecular formula is C16H16BrNO6. The van der Waals surface area contributed by atoms with Crippen molar-refractivity contribution >= 4 is 27.8 Å².